The Morgan fingerprint density at radius 1 is 1.09 bits per heavy atom. The molecular weight excluding hydrogens is 132 g/mol. The van der Waals surface area contributed by atoms with E-state index in [0.29, 0.717) is 0 Å². The summed E-state index contributed by atoms with van der Waals surface area (Å²) in [6, 6.07) is 0. The van der Waals surface area contributed by atoms with E-state index in [1.165, 1.54) is 31.3 Å². The van der Waals surface area contributed by atoms with Gasteiger partial charge in [-0.05, 0) is 25.2 Å². The molecular formula is C11H22. The van der Waals surface area contributed by atoms with E-state index in [2.05, 4.69) is 27.4 Å². The van der Waals surface area contributed by atoms with Crippen molar-refractivity contribution >= 4 is 0 Å². The SMILES string of the molecule is C=C(CC)C(CCC)CCC. The van der Waals surface area contributed by atoms with Crippen molar-refractivity contribution in [2.75, 3.05) is 0 Å². The first-order valence-electron chi connectivity index (χ1n) is 4.93. The summed E-state index contributed by atoms with van der Waals surface area (Å²) >= 11 is 0. The van der Waals surface area contributed by atoms with Crippen LogP contribution in [0.4, 0.5) is 0 Å². The molecule has 11 heavy (non-hydrogen) atoms. The fourth-order valence-electron chi connectivity index (χ4n) is 1.54. The standard InChI is InChI=1S/C11H22/c1-5-8-11(9-6-2)10(4)7-3/h11H,4-9H2,1-3H3. The third-order valence-corrected chi connectivity index (χ3v) is 2.31. The van der Waals surface area contributed by atoms with Crippen LogP contribution in [0.25, 0.3) is 0 Å². The molecule has 0 aliphatic rings. The van der Waals surface area contributed by atoms with E-state index in [-0.39, 0.29) is 0 Å². The number of hydrogen-bond acceptors (Lipinski definition) is 0. The van der Waals surface area contributed by atoms with Crippen LogP contribution in [-0.4, -0.2) is 0 Å². The summed E-state index contributed by atoms with van der Waals surface area (Å²) in [5, 5.41) is 0. The van der Waals surface area contributed by atoms with Gasteiger partial charge in [-0.15, -0.1) is 0 Å². The number of rotatable bonds is 6. The topological polar surface area (TPSA) is 0 Å². The van der Waals surface area contributed by atoms with Crippen molar-refractivity contribution in [1.82, 2.24) is 0 Å². The van der Waals surface area contributed by atoms with E-state index in [0.717, 1.165) is 12.3 Å². The monoisotopic (exact) mass is 154 g/mol. The summed E-state index contributed by atoms with van der Waals surface area (Å²) in [7, 11) is 0. The second-order valence-corrected chi connectivity index (χ2v) is 3.29. The van der Waals surface area contributed by atoms with Gasteiger partial charge in [0.05, 0.1) is 0 Å². The van der Waals surface area contributed by atoms with Crippen molar-refractivity contribution in [2.24, 2.45) is 5.92 Å². The van der Waals surface area contributed by atoms with Gasteiger partial charge in [-0.1, -0.05) is 45.8 Å². The van der Waals surface area contributed by atoms with Crippen molar-refractivity contribution in [3.8, 4) is 0 Å². The van der Waals surface area contributed by atoms with Crippen LogP contribution < -0.4 is 0 Å². The summed E-state index contributed by atoms with van der Waals surface area (Å²) < 4.78 is 0. The highest BCUT2D eigenvalue weighted by molar-refractivity contribution is 4.99. The van der Waals surface area contributed by atoms with Crippen molar-refractivity contribution in [3.63, 3.8) is 0 Å². The van der Waals surface area contributed by atoms with Crippen LogP contribution in [0.5, 0.6) is 0 Å². The van der Waals surface area contributed by atoms with Crippen LogP contribution in [0.2, 0.25) is 0 Å². The van der Waals surface area contributed by atoms with Gasteiger partial charge in [0.15, 0.2) is 0 Å². The van der Waals surface area contributed by atoms with Gasteiger partial charge in [0.25, 0.3) is 0 Å². The molecule has 0 radical (unpaired) electrons. The Labute approximate surface area is 71.7 Å². The van der Waals surface area contributed by atoms with Crippen LogP contribution in [0.15, 0.2) is 12.2 Å². The molecule has 0 rings (SSSR count). The van der Waals surface area contributed by atoms with Gasteiger partial charge in [-0.2, -0.15) is 0 Å². The lowest BCUT2D eigenvalue weighted by molar-refractivity contribution is 0.495. The highest BCUT2D eigenvalue weighted by atomic mass is 14.1. The molecule has 0 aliphatic heterocycles. The average molecular weight is 154 g/mol. The van der Waals surface area contributed by atoms with Crippen molar-refractivity contribution in [3.05, 3.63) is 12.2 Å². The Morgan fingerprint density at radius 2 is 1.55 bits per heavy atom. The third kappa shape index (κ3) is 4.23. The zero-order valence-electron chi connectivity index (χ0n) is 8.32. The maximum atomic E-state index is 4.11. The van der Waals surface area contributed by atoms with E-state index in [9.17, 15) is 0 Å². The minimum absolute atomic E-state index is 0.801. The van der Waals surface area contributed by atoms with E-state index < -0.39 is 0 Å². The lowest BCUT2D eigenvalue weighted by Crippen LogP contribution is -2.01. The summed E-state index contributed by atoms with van der Waals surface area (Å²) in [4.78, 5) is 0. The molecule has 0 fully saturated rings. The molecule has 66 valence electrons. The first-order chi connectivity index (χ1) is 5.26. The van der Waals surface area contributed by atoms with E-state index in [4.69, 9.17) is 0 Å². The Bertz CT molecular complexity index is 96.6. The highest BCUT2D eigenvalue weighted by Gasteiger charge is 2.07. The van der Waals surface area contributed by atoms with Crippen LogP contribution in [-0.2, 0) is 0 Å². The molecule has 0 spiro atoms. The maximum Gasteiger partial charge on any atom is -0.0206 e. The molecule has 0 saturated carbocycles. The third-order valence-electron chi connectivity index (χ3n) is 2.31. The molecule has 0 aliphatic carbocycles. The second kappa shape index (κ2) is 6.45. The van der Waals surface area contributed by atoms with Crippen molar-refractivity contribution < 1.29 is 0 Å². The van der Waals surface area contributed by atoms with Crippen molar-refractivity contribution in [2.45, 2.75) is 52.9 Å². The Morgan fingerprint density at radius 3 is 1.82 bits per heavy atom. The van der Waals surface area contributed by atoms with Gasteiger partial charge < -0.3 is 0 Å². The molecule has 0 aromatic rings. The molecule has 0 N–H and O–H groups in total. The van der Waals surface area contributed by atoms with E-state index in [1.807, 2.05) is 0 Å². The predicted octanol–water partition coefficient (Wildman–Crippen LogP) is 4.17. The van der Waals surface area contributed by atoms with Crippen LogP contribution in [0.1, 0.15) is 52.9 Å². The first kappa shape index (κ1) is 10.7. The van der Waals surface area contributed by atoms with Crippen LogP contribution in [0.3, 0.4) is 0 Å². The summed E-state index contributed by atoms with van der Waals surface area (Å²) in [6.45, 7) is 10.8. The molecule has 0 nitrogen and oxygen atoms in total. The first-order valence-corrected chi connectivity index (χ1v) is 4.93. The molecule has 0 saturated heterocycles. The normalized spacial score (nSPS) is 10.5. The Kier molecular flexibility index (Phi) is 6.30. The Balaban J connectivity index is 3.76. The lowest BCUT2D eigenvalue weighted by Gasteiger charge is -2.16. The van der Waals surface area contributed by atoms with Gasteiger partial charge in [0.1, 0.15) is 0 Å². The molecule has 0 unspecified atom stereocenters. The van der Waals surface area contributed by atoms with Crippen molar-refractivity contribution in [1.29, 1.82) is 0 Å². The summed E-state index contributed by atoms with van der Waals surface area (Å²) in [6.07, 6.45) is 6.42. The second-order valence-electron chi connectivity index (χ2n) is 3.29. The van der Waals surface area contributed by atoms with Gasteiger partial charge in [-0.3, -0.25) is 0 Å². The molecule has 0 atom stereocenters. The Hall–Kier alpha value is -0.260. The van der Waals surface area contributed by atoms with Gasteiger partial charge in [0, 0.05) is 0 Å². The van der Waals surface area contributed by atoms with Crippen LogP contribution >= 0.6 is 0 Å². The average Bonchev–Trinajstić information content (AvgIpc) is 2.03. The van der Waals surface area contributed by atoms with Gasteiger partial charge >= 0.3 is 0 Å². The van der Waals surface area contributed by atoms with Gasteiger partial charge in [-0.25, -0.2) is 0 Å². The molecule has 0 aromatic heterocycles. The largest absolute Gasteiger partial charge is 0.0996 e. The van der Waals surface area contributed by atoms with Gasteiger partial charge in [0.2, 0.25) is 0 Å². The quantitative estimate of drug-likeness (QED) is 0.504. The number of hydrogen-bond donors (Lipinski definition) is 0. The number of allylic oxidation sites excluding steroid dienone is 1. The minimum atomic E-state index is 0.801. The summed E-state index contributed by atoms with van der Waals surface area (Å²) in [5.41, 5.74) is 1.45. The van der Waals surface area contributed by atoms with E-state index >= 15 is 0 Å². The smallest absolute Gasteiger partial charge is 0.0206 e. The minimum Gasteiger partial charge on any atom is -0.0996 e. The molecule has 0 amide bonds. The molecule has 0 heterocycles. The lowest BCUT2D eigenvalue weighted by atomic mass is 9.90. The fraction of sp³-hybridized carbons (Fsp3) is 0.818. The fourth-order valence-corrected chi connectivity index (χ4v) is 1.54. The van der Waals surface area contributed by atoms with E-state index in [1.54, 1.807) is 0 Å². The zero-order valence-corrected chi connectivity index (χ0v) is 8.32. The maximum absolute atomic E-state index is 4.11. The molecule has 0 heteroatoms. The highest BCUT2D eigenvalue weighted by Crippen LogP contribution is 2.22. The van der Waals surface area contributed by atoms with Crippen LogP contribution in [0, 0.1) is 5.92 Å². The molecule has 0 bridgehead atoms. The molecule has 0 aromatic carbocycles. The zero-order chi connectivity index (χ0) is 8.69. The predicted molar refractivity (Wildman–Crippen MR) is 52.7 cm³/mol. The summed E-state index contributed by atoms with van der Waals surface area (Å²) in [5.74, 6) is 0.801.